The molecule has 1 aromatic rings. The number of anilines is 1. The topological polar surface area (TPSA) is 15.3 Å². The van der Waals surface area contributed by atoms with Gasteiger partial charge in [-0.3, -0.25) is 0 Å². The normalized spacial score (nSPS) is 23.7. The highest BCUT2D eigenvalue weighted by atomic mass is 79.9. The number of benzene rings is 1. The van der Waals surface area contributed by atoms with Crippen molar-refractivity contribution in [2.45, 2.75) is 33.7 Å². The molecule has 1 aliphatic rings. The van der Waals surface area contributed by atoms with Crippen LogP contribution in [0.15, 0.2) is 22.7 Å². The molecule has 0 bridgehead atoms. The molecule has 2 atom stereocenters. The van der Waals surface area contributed by atoms with Crippen LogP contribution in [0.5, 0.6) is 0 Å². The van der Waals surface area contributed by atoms with Crippen molar-refractivity contribution in [2.75, 3.05) is 24.5 Å². The molecular weight excluding hydrogens is 300 g/mol. The van der Waals surface area contributed by atoms with Crippen LogP contribution in [-0.4, -0.2) is 19.6 Å². The lowest BCUT2D eigenvalue weighted by Gasteiger charge is -2.37. The van der Waals surface area contributed by atoms with E-state index in [1.807, 2.05) is 0 Å². The standard InChI is InChI=1S/C16H25BrN2/c1-4-18-10-14-5-6-16(15(17)9-14)19-8-7-12(2)13(3)11-19/h5-6,9,12-13,18H,4,7-8,10-11H2,1-3H3. The Labute approximate surface area is 125 Å². The molecule has 2 nitrogen and oxygen atoms in total. The molecule has 0 aliphatic carbocycles. The van der Waals surface area contributed by atoms with E-state index in [1.54, 1.807) is 0 Å². The largest absolute Gasteiger partial charge is 0.370 e. The highest BCUT2D eigenvalue weighted by Gasteiger charge is 2.23. The molecule has 0 radical (unpaired) electrons. The highest BCUT2D eigenvalue weighted by molar-refractivity contribution is 9.10. The molecule has 2 unspecified atom stereocenters. The van der Waals surface area contributed by atoms with Crippen LogP contribution in [-0.2, 0) is 6.54 Å². The summed E-state index contributed by atoms with van der Waals surface area (Å²) in [5, 5.41) is 3.37. The average Bonchev–Trinajstić information content (AvgIpc) is 2.40. The third kappa shape index (κ3) is 3.73. The maximum Gasteiger partial charge on any atom is 0.0510 e. The zero-order valence-corrected chi connectivity index (χ0v) is 13.8. The molecule has 1 saturated heterocycles. The number of halogens is 1. The second kappa shape index (κ2) is 6.76. The molecule has 1 aliphatic heterocycles. The molecule has 0 saturated carbocycles. The van der Waals surface area contributed by atoms with Gasteiger partial charge in [-0.05, 0) is 58.4 Å². The molecule has 2 rings (SSSR count). The molecule has 1 N–H and O–H groups in total. The van der Waals surface area contributed by atoms with Crippen LogP contribution in [0.25, 0.3) is 0 Å². The summed E-state index contributed by atoms with van der Waals surface area (Å²) < 4.78 is 1.23. The van der Waals surface area contributed by atoms with Gasteiger partial charge in [0.25, 0.3) is 0 Å². The quantitative estimate of drug-likeness (QED) is 0.899. The molecule has 1 heterocycles. The Kier molecular flexibility index (Phi) is 5.28. The second-order valence-electron chi connectivity index (χ2n) is 5.76. The molecule has 1 aromatic carbocycles. The minimum atomic E-state index is 0.780. The van der Waals surface area contributed by atoms with Gasteiger partial charge >= 0.3 is 0 Å². The van der Waals surface area contributed by atoms with Crippen molar-refractivity contribution in [2.24, 2.45) is 11.8 Å². The van der Waals surface area contributed by atoms with Gasteiger partial charge in [-0.1, -0.05) is 26.8 Å². The lowest BCUT2D eigenvalue weighted by Crippen LogP contribution is -2.38. The highest BCUT2D eigenvalue weighted by Crippen LogP contribution is 2.32. The van der Waals surface area contributed by atoms with E-state index in [2.05, 4.69) is 65.1 Å². The summed E-state index contributed by atoms with van der Waals surface area (Å²) >= 11 is 3.74. The first-order chi connectivity index (χ1) is 9.11. The Morgan fingerprint density at radius 3 is 2.74 bits per heavy atom. The Bertz CT molecular complexity index is 419. The van der Waals surface area contributed by atoms with Gasteiger partial charge < -0.3 is 10.2 Å². The van der Waals surface area contributed by atoms with Crippen molar-refractivity contribution < 1.29 is 0 Å². The predicted octanol–water partition coefficient (Wildman–Crippen LogP) is 4.04. The van der Waals surface area contributed by atoms with Crippen molar-refractivity contribution in [1.29, 1.82) is 0 Å². The van der Waals surface area contributed by atoms with Crippen LogP contribution >= 0.6 is 15.9 Å². The minimum absolute atomic E-state index is 0.780. The molecule has 0 spiro atoms. The van der Waals surface area contributed by atoms with Crippen molar-refractivity contribution in [3.63, 3.8) is 0 Å². The predicted molar refractivity (Wildman–Crippen MR) is 86.7 cm³/mol. The second-order valence-corrected chi connectivity index (χ2v) is 6.61. The van der Waals surface area contributed by atoms with Crippen LogP contribution in [0.4, 0.5) is 5.69 Å². The fourth-order valence-electron chi connectivity index (χ4n) is 2.67. The smallest absolute Gasteiger partial charge is 0.0510 e. The Morgan fingerprint density at radius 1 is 1.32 bits per heavy atom. The van der Waals surface area contributed by atoms with Crippen LogP contribution < -0.4 is 10.2 Å². The number of rotatable bonds is 4. The van der Waals surface area contributed by atoms with Crippen molar-refractivity contribution in [3.8, 4) is 0 Å². The fraction of sp³-hybridized carbons (Fsp3) is 0.625. The Morgan fingerprint density at radius 2 is 2.11 bits per heavy atom. The monoisotopic (exact) mass is 324 g/mol. The first kappa shape index (κ1) is 14.9. The van der Waals surface area contributed by atoms with Gasteiger partial charge in [0.05, 0.1) is 5.69 Å². The van der Waals surface area contributed by atoms with Gasteiger partial charge in [0, 0.05) is 24.1 Å². The van der Waals surface area contributed by atoms with Gasteiger partial charge in [0.2, 0.25) is 0 Å². The van der Waals surface area contributed by atoms with Crippen LogP contribution in [0.2, 0.25) is 0 Å². The summed E-state index contributed by atoms with van der Waals surface area (Å²) in [6.07, 6.45) is 1.30. The summed E-state index contributed by atoms with van der Waals surface area (Å²) in [4.78, 5) is 2.52. The zero-order valence-electron chi connectivity index (χ0n) is 12.2. The van der Waals surface area contributed by atoms with Gasteiger partial charge in [-0.15, -0.1) is 0 Å². The molecule has 1 fully saturated rings. The number of nitrogens with one attached hydrogen (secondary N) is 1. The van der Waals surface area contributed by atoms with Crippen LogP contribution in [0.3, 0.4) is 0 Å². The van der Waals surface area contributed by atoms with E-state index in [0.717, 1.165) is 24.9 Å². The van der Waals surface area contributed by atoms with Crippen LogP contribution in [0, 0.1) is 11.8 Å². The lowest BCUT2D eigenvalue weighted by atomic mass is 9.88. The van der Waals surface area contributed by atoms with Crippen LogP contribution in [0.1, 0.15) is 32.8 Å². The van der Waals surface area contributed by atoms with Gasteiger partial charge in [-0.25, -0.2) is 0 Å². The number of hydrogen-bond donors (Lipinski definition) is 1. The van der Waals surface area contributed by atoms with E-state index < -0.39 is 0 Å². The fourth-order valence-corrected chi connectivity index (χ4v) is 3.34. The summed E-state index contributed by atoms with van der Waals surface area (Å²) in [6, 6.07) is 6.76. The average molecular weight is 325 g/mol. The number of piperidine rings is 1. The molecule has 0 amide bonds. The summed E-state index contributed by atoms with van der Waals surface area (Å²) in [5.74, 6) is 1.63. The molecular formula is C16H25BrN2. The third-order valence-corrected chi connectivity index (χ3v) is 4.90. The zero-order chi connectivity index (χ0) is 13.8. The van der Waals surface area contributed by atoms with Gasteiger partial charge in [0.15, 0.2) is 0 Å². The molecule has 3 heteroatoms. The summed E-state index contributed by atoms with van der Waals surface area (Å²) in [6.45, 7) is 11.2. The van der Waals surface area contributed by atoms with Crippen molar-refractivity contribution in [3.05, 3.63) is 28.2 Å². The van der Waals surface area contributed by atoms with Gasteiger partial charge in [0.1, 0.15) is 0 Å². The Balaban J connectivity index is 2.08. The maximum absolute atomic E-state index is 3.74. The van der Waals surface area contributed by atoms with E-state index in [9.17, 15) is 0 Å². The van der Waals surface area contributed by atoms with Crippen molar-refractivity contribution in [1.82, 2.24) is 5.32 Å². The summed E-state index contributed by atoms with van der Waals surface area (Å²) in [7, 11) is 0. The Hall–Kier alpha value is -0.540. The van der Waals surface area contributed by atoms with E-state index in [1.165, 1.54) is 35.2 Å². The SMILES string of the molecule is CCNCc1ccc(N2CCC(C)C(C)C2)c(Br)c1. The lowest BCUT2D eigenvalue weighted by molar-refractivity contribution is 0.324. The first-order valence-electron chi connectivity index (χ1n) is 7.36. The summed E-state index contributed by atoms with van der Waals surface area (Å²) in [5.41, 5.74) is 2.69. The van der Waals surface area contributed by atoms with E-state index in [-0.39, 0.29) is 0 Å². The van der Waals surface area contributed by atoms with E-state index in [0.29, 0.717) is 0 Å². The minimum Gasteiger partial charge on any atom is -0.370 e. The number of hydrogen-bond acceptors (Lipinski definition) is 2. The van der Waals surface area contributed by atoms with Crippen molar-refractivity contribution >= 4 is 21.6 Å². The third-order valence-electron chi connectivity index (χ3n) is 4.27. The maximum atomic E-state index is 3.74. The molecule has 0 aromatic heterocycles. The van der Waals surface area contributed by atoms with E-state index in [4.69, 9.17) is 0 Å². The molecule has 19 heavy (non-hydrogen) atoms. The van der Waals surface area contributed by atoms with E-state index >= 15 is 0 Å². The first-order valence-corrected chi connectivity index (χ1v) is 8.15. The van der Waals surface area contributed by atoms with Gasteiger partial charge in [-0.2, -0.15) is 0 Å². The molecule has 106 valence electrons. The number of nitrogens with zero attached hydrogens (tertiary/aromatic N) is 1.